The summed E-state index contributed by atoms with van der Waals surface area (Å²) < 4.78 is 5.56. The molecule has 1 aromatic heterocycles. The smallest absolute Gasteiger partial charge is 0.276 e. The van der Waals surface area contributed by atoms with Gasteiger partial charge in [0.2, 0.25) is 11.8 Å². The number of nitrogens with zero attached hydrogens (tertiary/aromatic N) is 3. The zero-order chi connectivity index (χ0) is 22.5. The Morgan fingerprint density at radius 1 is 1.26 bits per heavy atom. The second kappa shape index (κ2) is 9.55. The van der Waals surface area contributed by atoms with Crippen LogP contribution in [0.5, 0.6) is 5.88 Å². The van der Waals surface area contributed by atoms with Crippen molar-refractivity contribution in [1.29, 1.82) is 5.41 Å². The van der Waals surface area contributed by atoms with Crippen molar-refractivity contribution in [3.63, 3.8) is 0 Å². The van der Waals surface area contributed by atoms with Crippen molar-refractivity contribution in [1.82, 2.24) is 20.2 Å². The van der Waals surface area contributed by atoms with Gasteiger partial charge in [-0.3, -0.25) is 9.59 Å². The van der Waals surface area contributed by atoms with Crippen LogP contribution in [0, 0.1) is 11.3 Å². The molecule has 1 saturated heterocycles. The number of carbonyl (C=O) groups is 2. The Morgan fingerprint density at radius 2 is 1.87 bits per heavy atom. The van der Waals surface area contributed by atoms with Crippen LogP contribution in [0.4, 0.5) is 0 Å². The summed E-state index contributed by atoms with van der Waals surface area (Å²) in [6, 6.07) is 6.15. The van der Waals surface area contributed by atoms with Crippen LogP contribution in [0.15, 0.2) is 36.6 Å². The van der Waals surface area contributed by atoms with Crippen molar-refractivity contribution in [2.75, 3.05) is 13.1 Å². The summed E-state index contributed by atoms with van der Waals surface area (Å²) in [4.78, 5) is 35.9. The number of aromatic nitrogens is 2. The van der Waals surface area contributed by atoms with Gasteiger partial charge in [0, 0.05) is 25.9 Å². The highest BCUT2D eigenvalue weighted by molar-refractivity contribution is 5.99. The molecule has 0 radical (unpaired) electrons. The molecule has 1 aliphatic rings. The molecular formula is C22H27N5O4. The van der Waals surface area contributed by atoms with Gasteiger partial charge in [-0.2, -0.15) is 0 Å². The lowest BCUT2D eigenvalue weighted by molar-refractivity contribution is -0.136. The molecule has 31 heavy (non-hydrogen) atoms. The Labute approximate surface area is 180 Å². The second-order valence-corrected chi connectivity index (χ2v) is 7.83. The number of hydrogen-bond donors (Lipinski definition) is 3. The topological polar surface area (TPSA) is 128 Å². The number of piperidine rings is 1. The van der Waals surface area contributed by atoms with Crippen molar-refractivity contribution in [3.8, 4) is 5.88 Å². The number of hydrogen-bond acceptors (Lipinski definition) is 7. The quantitative estimate of drug-likeness (QED) is 0.461. The second-order valence-electron chi connectivity index (χ2n) is 7.83. The number of amides is 2. The van der Waals surface area contributed by atoms with Crippen LogP contribution in [0.3, 0.4) is 0 Å². The lowest BCUT2D eigenvalue weighted by Gasteiger charge is -2.35. The minimum atomic E-state index is -0.769. The van der Waals surface area contributed by atoms with E-state index in [1.54, 1.807) is 29.2 Å². The highest BCUT2D eigenvalue weighted by Gasteiger charge is 2.32. The Balaban J connectivity index is 1.69. The van der Waals surface area contributed by atoms with Crippen molar-refractivity contribution in [2.24, 2.45) is 5.92 Å². The van der Waals surface area contributed by atoms with E-state index in [-0.39, 0.29) is 23.6 Å². The predicted molar refractivity (Wildman–Crippen MR) is 116 cm³/mol. The molecule has 9 heteroatoms. The first-order valence-corrected chi connectivity index (χ1v) is 10.2. The van der Waals surface area contributed by atoms with E-state index < -0.39 is 17.8 Å². The number of aromatic hydroxyl groups is 1. The van der Waals surface area contributed by atoms with Crippen LogP contribution in [0.25, 0.3) is 11.0 Å². The average Bonchev–Trinajstić information content (AvgIpc) is 2.76. The maximum atomic E-state index is 13.1. The van der Waals surface area contributed by atoms with Crippen molar-refractivity contribution in [2.45, 2.75) is 38.8 Å². The molecule has 0 bridgehead atoms. The largest absolute Gasteiger partial charge is 0.492 e. The summed E-state index contributed by atoms with van der Waals surface area (Å²) in [6.07, 6.45) is 2.21. The number of benzene rings is 1. The van der Waals surface area contributed by atoms with E-state index in [0.29, 0.717) is 42.7 Å². The predicted octanol–water partition coefficient (Wildman–Crippen LogP) is 2.26. The maximum Gasteiger partial charge on any atom is 0.276 e. The summed E-state index contributed by atoms with van der Waals surface area (Å²) in [5.74, 6) is -1.19. The summed E-state index contributed by atoms with van der Waals surface area (Å²) in [5.41, 5.74) is 0.740. The zero-order valence-corrected chi connectivity index (χ0v) is 17.7. The molecule has 1 aromatic carbocycles. The van der Waals surface area contributed by atoms with E-state index in [4.69, 9.17) is 10.1 Å². The first-order chi connectivity index (χ1) is 14.8. The van der Waals surface area contributed by atoms with Gasteiger partial charge in [0.15, 0.2) is 5.69 Å². The number of rotatable bonds is 7. The molecule has 164 valence electrons. The molecule has 1 fully saturated rings. The molecule has 2 heterocycles. The van der Waals surface area contributed by atoms with Crippen LogP contribution < -0.4 is 5.32 Å². The van der Waals surface area contributed by atoms with Crippen LogP contribution in [-0.2, 0) is 9.53 Å². The summed E-state index contributed by atoms with van der Waals surface area (Å²) in [5, 5.41) is 20.0. The van der Waals surface area contributed by atoms with Gasteiger partial charge in [0.05, 0.1) is 17.2 Å². The number of fused-ring (bicyclic) bond motifs is 1. The maximum absolute atomic E-state index is 13.1. The Bertz CT molecular complexity index is 999. The molecule has 9 nitrogen and oxygen atoms in total. The van der Waals surface area contributed by atoms with E-state index in [1.165, 1.54) is 0 Å². The van der Waals surface area contributed by atoms with E-state index in [0.717, 1.165) is 6.21 Å². The fourth-order valence-electron chi connectivity index (χ4n) is 3.51. The fourth-order valence-corrected chi connectivity index (χ4v) is 3.51. The molecule has 0 saturated carbocycles. The first kappa shape index (κ1) is 22.2. The molecule has 1 atom stereocenters. The van der Waals surface area contributed by atoms with E-state index in [1.807, 2.05) is 13.8 Å². The Hall–Kier alpha value is -3.49. The van der Waals surface area contributed by atoms with Gasteiger partial charge >= 0.3 is 0 Å². The highest BCUT2D eigenvalue weighted by atomic mass is 16.5. The van der Waals surface area contributed by atoms with E-state index >= 15 is 0 Å². The third-order valence-corrected chi connectivity index (χ3v) is 5.22. The number of allylic oxidation sites excluding steroid dienone is 1. The van der Waals surface area contributed by atoms with Crippen molar-refractivity contribution in [3.05, 3.63) is 42.3 Å². The standard InChI is InChI=1S/C22H27N5O4/c1-13(2)18(22(30)27-10-8-15(9-11-27)31-14(3)12-23)26-21(29)19-20(28)25-17-7-5-4-6-16(17)24-19/h4-7,12-13,15,18,23H,3,8-11H2,1-2H3,(H,25,28)(H,26,29)/t18-/m0/s1. The number of ether oxygens (including phenoxy) is 1. The number of para-hydroxylation sites is 2. The van der Waals surface area contributed by atoms with E-state index in [9.17, 15) is 14.7 Å². The van der Waals surface area contributed by atoms with Crippen LogP contribution in [-0.4, -0.2) is 63.2 Å². The normalized spacial score (nSPS) is 15.5. The SMILES string of the molecule is C=C(C=N)OC1CCN(C(=O)[C@@H](NC(=O)c2nc3ccccc3nc2O)C(C)C)CC1. The third-order valence-electron chi connectivity index (χ3n) is 5.22. The van der Waals surface area contributed by atoms with Gasteiger partial charge in [0.1, 0.15) is 17.9 Å². The van der Waals surface area contributed by atoms with Crippen LogP contribution >= 0.6 is 0 Å². The van der Waals surface area contributed by atoms with Crippen molar-refractivity contribution < 1.29 is 19.4 Å². The highest BCUT2D eigenvalue weighted by Crippen LogP contribution is 2.20. The average molecular weight is 425 g/mol. The molecule has 3 rings (SSSR count). The monoisotopic (exact) mass is 425 g/mol. The fraction of sp³-hybridized carbons (Fsp3) is 0.409. The van der Waals surface area contributed by atoms with Crippen molar-refractivity contribution >= 4 is 29.1 Å². The molecule has 3 N–H and O–H groups in total. The molecule has 0 spiro atoms. The third kappa shape index (κ3) is 5.17. The lowest BCUT2D eigenvalue weighted by Crippen LogP contribution is -2.53. The minimum absolute atomic E-state index is 0.0879. The number of likely N-dealkylation sites (tertiary alicyclic amines) is 1. The molecule has 0 unspecified atom stereocenters. The Kier molecular flexibility index (Phi) is 6.84. The molecule has 2 aromatic rings. The molecule has 2 amide bonds. The summed E-state index contributed by atoms with van der Waals surface area (Å²) >= 11 is 0. The van der Waals surface area contributed by atoms with Gasteiger partial charge in [-0.05, 0) is 18.1 Å². The summed E-state index contributed by atoms with van der Waals surface area (Å²) in [6.45, 7) is 8.29. The number of carbonyl (C=O) groups excluding carboxylic acids is 2. The minimum Gasteiger partial charge on any atom is -0.492 e. The Morgan fingerprint density at radius 3 is 2.45 bits per heavy atom. The summed E-state index contributed by atoms with van der Waals surface area (Å²) in [7, 11) is 0. The van der Waals surface area contributed by atoms with Crippen LogP contribution in [0.1, 0.15) is 37.2 Å². The molecule has 0 aliphatic carbocycles. The first-order valence-electron chi connectivity index (χ1n) is 10.2. The molecular weight excluding hydrogens is 398 g/mol. The number of nitrogens with one attached hydrogen (secondary N) is 2. The lowest BCUT2D eigenvalue weighted by atomic mass is 10.00. The van der Waals surface area contributed by atoms with Gasteiger partial charge in [-0.25, -0.2) is 9.97 Å². The van der Waals surface area contributed by atoms with E-state index in [2.05, 4.69) is 21.9 Å². The van der Waals surface area contributed by atoms with Gasteiger partial charge < -0.3 is 25.5 Å². The van der Waals surface area contributed by atoms with Crippen LogP contribution in [0.2, 0.25) is 0 Å². The van der Waals surface area contributed by atoms with Gasteiger partial charge in [-0.15, -0.1) is 0 Å². The zero-order valence-electron chi connectivity index (χ0n) is 17.7. The van der Waals surface area contributed by atoms with Gasteiger partial charge in [0.25, 0.3) is 5.91 Å². The van der Waals surface area contributed by atoms with Gasteiger partial charge in [-0.1, -0.05) is 32.6 Å². The molecule has 1 aliphatic heterocycles.